The van der Waals surface area contributed by atoms with Gasteiger partial charge in [0.05, 0.1) is 6.61 Å². The number of ether oxygens (including phenoxy) is 1. The van der Waals surface area contributed by atoms with Crippen LogP contribution in [0, 0.1) is 0 Å². The Balaban J connectivity index is 2.53. The lowest BCUT2D eigenvalue weighted by atomic mass is 10.2. The van der Waals surface area contributed by atoms with Gasteiger partial charge < -0.3 is 9.84 Å². The molecule has 1 amide bonds. The van der Waals surface area contributed by atoms with E-state index in [4.69, 9.17) is 4.74 Å². The Morgan fingerprint density at radius 1 is 1.83 bits per heavy atom. The first-order valence-corrected chi connectivity index (χ1v) is 4.05. The zero-order valence-corrected chi connectivity index (χ0v) is 7.06. The highest BCUT2D eigenvalue weighted by atomic mass is 16.6. The normalized spacial score (nSPS) is 22.5. The highest BCUT2D eigenvalue weighted by molar-refractivity contribution is 5.69. The quantitative estimate of drug-likeness (QED) is 0.642. The van der Waals surface area contributed by atoms with Crippen LogP contribution in [0.15, 0.2) is 12.3 Å². The molecule has 0 aromatic heterocycles. The lowest BCUT2D eigenvalue weighted by molar-refractivity contribution is 0.0177. The molecule has 1 N–H and O–H groups in total. The molecule has 0 fully saturated rings. The first kappa shape index (κ1) is 9.06. The minimum absolute atomic E-state index is 0.329. The molecule has 0 aliphatic carbocycles. The third-order valence-corrected chi connectivity index (χ3v) is 1.66. The van der Waals surface area contributed by atoms with Gasteiger partial charge in [-0.05, 0) is 19.8 Å². The van der Waals surface area contributed by atoms with E-state index in [1.165, 1.54) is 4.90 Å². The van der Waals surface area contributed by atoms with Crippen molar-refractivity contribution in [1.29, 1.82) is 0 Å². The van der Waals surface area contributed by atoms with Gasteiger partial charge in [-0.1, -0.05) is 6.08 Å². The van der Waals surface area contributed by atoms with Crippen LogP contribution in [0.4, 0.5) is 4.79 Å². The van der Waals surface area contributed by atoms with Gasteiger partial charge in [0, 0.05) is 6.20 Å². The van der Waals surface area contributed by atoms with Gasteiger partial charge in [0.25, 0.3) is 0 Å². The largest absolute Gasteiger partial charge is 0.449 e. The highest BCUT2D eigenvalue weighted by Gasteiger charge is 2.21. The maximum Gasteiger partial charge on any atom is 0.415 e. The second-order valence-electron chi connectivity index (χ2n) is 2.55. The summed E-state index contributed by atoms with van der Waals surface area (Å²) >= 11 is 0. The molecule has 1 rings (SSSR count). The lowest BCUT2D eigenvalue weighted by Crippen LogP contribution is -2.37. The molecule has 0 spiro atoms. The molecule has 12 heavy (non-hydrogen) atoms. The van der Waals surface area contributed by atoms with Crippen molar-refractivity contribution in [2.45, 2.75) is 26.0 Å². The van der Waals surface area contributed by atoms with Crippen LogP contribution in [0.5, 0.6) is 0 Å². The van der Waals surface area contributed by atoms with Crippen molar-refractivity contribution in [2.75, 3.05) is 6.61 Å². The molecule has 1 aliphatic heterocycles. The van der Waals surface area contributed by atoms with E-state index in [0.29, 0.717) is 13.0 Å². The fourth-order valence-corrected chi connectivity index (χ4v) is 1.05. The summed E-state index contributed by atoms with van der Waals surface area (Å²) in [6.07, 6.45) is 3.57. The Labute approximate surface area is 71.4 Å². The van der Waals surface area contributed by atoms with Crippen molar-refractivity contribution >= 4 is 6.09 Å². The van der Waals surface area contributed by atoms with Gasteiger partial charge >= 0.3 is 6.09 Å². The lowest BCUT2D eigenvalue weighted by Gasteiger charge is -2.26. The maximum atomic E-state index is 11.1. The molecule has 4 nitrogen and oxygen atoms in total. The highest BCUT2D eigenvalue weighted by Crippen LogP contribution is 2.13. The average Bonchev–Trinajstić information content (AvgIpc) is 2.05. The van der Waals surface area contributed by atoms with Crippen LogP contribution in [0.1, 0.15) is 19.8 Å². The summed E-state index contributed by atoms with van der Waals surface area (Å²) < 4.78 is 4.73. The van der Waals surface area contributed by atoms with Gasteiger partial charge in [0.15, 0.2) is 0 Å². The van der Waals surface area contributed by atoms with Crippen molar-refractivity contribution in [2.24, 2.45) is 0 Å². The molecule has 0 bridgehead atoms. The Morgan fingerprint density at radius 2 is 2.58 bits per heavy atom. The molecule has 1 atom stereocenters. The summed E-state index contributed by atoms with van der Waals surface area (Å²) in [4.78, 5) is 12.3. The van der Waals surface area contributed by atoms with E-state index in [1.807, 2.05) is 6.08 Å². The molecule has 1 aliphatic rings. The minimum atomic E-state index is -0.728. The summed E-state index contributed by atoms with van der Waals surface area (Å²) in [7, 11) is 0. The van der Waals surface area contributed by atoms with Gasteiger partial charge in [0.2, 0.25) is 0 Å². The summed E-state index contributed by atoms with van der Waals surface area (Å²) in [5, 5.41) is 9.34. The van der Waals surface area contributed by atoms with Crippen LogP contribution < -0.4 is 0 Å². The Bertz CT molecular complexity index is 191. The van der Waals surface area contributed by atoms with Crippen LogP contribution >= 0.6 is 0 Å². The zero-order valence-electron chi connectivity index (χ0n) is 7.06. The summed E-state index contributed by atoms with van der Waals surface area (Å²) in [6, 6.07) is 0. The SMILES string of the molecule is CCOC(=O)N1C=CCCC1O. The molecule has 1 heterocycles. The van der Waals surface area contributed by atoms with E-state index < -0.39 is 12.3 Å². The number of hydrogen-bond donors (Lipinski definition) is 1. The van der Waals surface area contributed by atoms with Crippen LogP contribution in [0.3, 0.4) is 0 Å². The number of nitrogens with zero attached hydrogens (tertiary/aromatic N) is 1. The molecule has 4 heteroatoms. The average molecular weight is 171 g/mol. The standard InChI is InChI=1S/C8H13NO3/c1-2-12-8(11)9-6-4-3-5-7(9)10/h4,6-7,10H,2-3,5H2,1H3. The predicted octanol–water partition coefficient (Wildman–Crippen LogP) is 1.07. The fourth-order valence-electron chi connectivity index (χ4n) is 1.05. The summed E-state index contributed by atoms with van der Waals surface area (Å²) in [5.41, 5.74) is 0. The molecule has 0 saturated carbocycles. The summed E-state index contributed by atoms with van der Waals surface area (Å²) in [5.74, 6) is 0. The van der Waals surface area contributed by atoms with Crippen molar-refractivity contribution in [3.8, 4) is 0 Å². The van der Waals surface area contributed by atoms with E-state index in [-0.39, 0.29) is 0 Å². The number of aliphatic hydroxyl groups is 1. The van der Waals surface area contributed by atoms with Gasteiger partial charge in [-0.15, -0.1) is 0 Å². The van der Waals surface area contributed by atoms with Gasteiger partial charge in [0.1, 0.15) is 6.23 Å². The number of amides is 1. The molecule has 0 radical (unpaired) electrons. The van der Waals surface area contributed by atoms with Crippen LogP contribution in [-0.2, 0) is 4.74 Å². The topological polar surface area (TPSA) is 49.8 Å². The van der Waals surface area contributed by atoms with Gasteiger partial charge in [-0.2, -0.15) is 0 Å². The molecule has 0 aromatic carbocycles. The molecule has 1 unspecified atom stereocenters. The second-order valence-corrected chi connectivity index (χ2v) is 2.55. The molecular formula is C8H13NO3. The van der Waals surface area contributed by atoms with Gasteiger partial charge in [-0.3, -0.25) is 4.90 Å². The first-order chi connectivity index (χ1) is 5.75. The number of aliphatic hydroxyl groups excluding tert-OH is 1. The Hall–Kier alpha value is -1.03. The Morgan fingerprint density at radius 3 is 3.17 bits per heavy atom. The minimum Gasteiger partial charge on any atom is -0.449 e. The number of hydrogen-bond acceptors (Lipinski definition) is 3. The number of rotatable bonds is 1. The number of carbonyl (C=O) groups is 1. The van der Waals surface area contributed by atoms with Crippen molar-refractivity contribution < 1.29 is 14.6 Å². The Kier molecular flexibility index (Phi) is 3.10. The molecule has 0 saturated heterocycles. The maximum absolute atomic E-state index is 11.1. The molecule has 0 aromatic rings. The third-order valence-electron chi connectivity index (χ3n) is 1.66. The molecular weight excluding hydrogens is 158 g/mol. The van der Waals surface area contributed by atoms with E-state index >= 15 is 0 Å². The van der Waals surface area contributed by atoms with Crippen LogP contribution in [0.2, 0.25) is 0 Å². The fraction of sp³-hybridized carbons (Fsp3) is 0.625. The van der Waals surface area contributed by atoms with E-state index in [1.54, 1.807) is 13.1 Å². The first-order valence-electron chi connectivity index (χ1n) is 4.05. The van der Waals surface area contributed by atoms with Crippen molar-refractivity contribution in [1.82, 2.24) is 4.90 Å². The van der Waals surface area contributed by atoms with Gasteiger partial charge in [-0.25, -0.2) is 4.79 Å². The third kappa shape index (κ3) is 1.98. The monoisotopic (exact) mass is 171 g/mol. The number of carbonyl (C=O) groups excluding carboxylic acids is 1. The summed E-state index contributed by atoms with van der Waals surface area (Å²) in [6.45, 7) is 2.06. The second kappa shape index (κ2) is 4.11. The van der Waals surface area contributed by atoms with E-state index in [0.717, 1.165) is 6.42 Å². The van der Waals surface area contributed by atoms with Crippen molar-refractivity contribution in [3.63, 3.8) is 0 Å². The van der Waals surface area contributed by atoms with Crippen molar-refractivity contribution in [3.05, 3.63) is 12.3 Å². The van der Waals surface area contributed by atoms with E-state index in [9.17, 15) is 9.90 Å². The van der Waals surface area contributed by atoms with Crippen LogP contribution in [0.25, 0.3) is 0 Å². The van der Waals surface area contributed by atoms with E-state index in [2.05, 4.69) is 0 Å². The zero-order chi connectivity index (χ0) is 8.97. The predicted molar refractivity (Wildman–Crippen MR) is 43.2 cm³/mol. The molecule has 68 valence electrons. The number of allylic oxidation sites excluding steroid dienone is 1. The smallest absolute Gasteiger partial charge is 0.415 e. The van der Waals surface area contributed by atoms with Crippen LogP contribution in [-0.4, -0.2) is 28.9 Å².